The number of hydrazine groups is 1. The monoisotopic (exact) mass is 434 g/mol. The minimum atomic E-state index is -3.70. The van der Waals surface area contributed by atoms with Crippen molar-refractivity contribution in [3.05, 3.63) is 29.8 Å². The Bertz CT molecular complexity index is 965. The molecule has 1 aromatic carbocycles. The van der Waals surface area contributed by atoms with Gasteiger partial charge in [-0.05, 0) is 43.9 Å². The van der Waals surface area contributed by atoms with Gasteiger partial charge in [0, 0.05) is 18.7 Å². The fraction of sp³-hybridized carbons (Fsp3) is 0.550. The molecule has 9 nitrogen and oxygen atoms in total. The highest BCUT2D eigenvalue weighted by Crippen LogP contribution is 2.33. The Morgan fingerprint density at radius 1 is 1.00 bits per heavy atom. The highest BCUT2D eigenvalue weighted by Gasteiger charge is 2.52. The molecule has 2 aliphatic heterocycles. The molecule has 2 N–H and O–H groups in total. The van der Waals surface area contributed by atoms with Crippen molar-refractivity contribution in [3.8, 4) is 0 Å². The van der Waals surface area contributed by atoms with Crippen molar-refractivity contribution in [2.75, 3.05) is 13.1 Å². The van der Waals surface area contributed by atoms with E-state index in [2.05, 4.69) is 10.7 Å². The number of hydrogen-bond donors (Lipinski definition) is 2. The lowest BCUT2D eigenvalue weighted by Gasteiger charge is -2.30. The van der Waals surface area contributed by atoms with E-state index >= 15 is 0 Å². The summed E-state index contributed by atoms with van der Waals surface area (Å²) < 4.78 is 27.2. The van der Waals surface area contributed by atoms with E-state index in [1.807, 2.05) is 0 Å². The van der Waals surface area contributed by atoms with Crippen LogP contribution in [0.3, 0.4) is 0 Å². The topological polar surface area (TPSA) is 116 Å². The fourth-order valence-electron chi connectivity index (χ4n) is 4.43. The van der Waals surface area contributed by atoms with Crippen molar-refractivity contribution in [1.29, 1.82) is 0 Å². The zero-order valence-corrected chi connectivity index (χ0v) is 17.5. The summed E-state index contributed by atoms with van der Waals surface area (Å²) in [6.45, 7) is 0.923. The number of urea groups is 1. The van der Waals surface area contributed by atoms with Gasteiger partial charge >= 0.3 is 6.03 Å². The molecular formula is C20H26N4O5S. The summed E-state index contributed by atoms with van der Waals surface area (Å²) in [5.41, 5.74) is 1.47. The maximum Gasteiger partial charge on any atom is 0.344 e. The molecule has 0 unspecified atom stereocenters. The number of hydrogen-bond acceptors (Lipinski definition) is 5. The number of piperidine rings is 1. The van der Waals surface area contributed by atoms with Crippen LogP contribution in [0.1, 0.15) is 61.7 Å². The number of sulfonamides is 1. The van der Waals surface area contributed by atoms with E-state index in [4.69, 9.17) is 0 Å². The molecule has 1 spiro atoms. The highest BCUT2D eigenvalue weighted by molar-refractivity contribution is 7.89. The molecule has 0 radical (unpaired) electrons. The fourth-order valence-corrected chi connectivity index (χ4v) is 6.00. The van der Waals surface area contributed by atoms with Crippen molar-refractivity contribution in [1.82, 2.24) is 20.1 Å². The molecule has 4 rings (SSSR count). The molecule has 162 valence electrons. The maximum atomic E-state index is 12.9. The van der Waals surface area contributed by atoms with Crippen LogP contribution in [0.4, 0.5) is 4.79 Å². The molecule has 1 aliphatic carbocycles. The SMILES string of the molecule is O=C(NN1C(=O)NC2(CCCCC2)C1=O)c1cccc(S(=O)(=O)N2CCCCC2)c1. The minimum absolute atomic E-state index is 0.0259. The molecule has 10 heteroatoms. The molecule has 4 amide bonds. The van der Waals surface area contributed by atoms with Gasteiger partial charge in [-0.1, -0.05) is 31.7 Å². The average molecular weight is 435 g/mol. The van der Waals surface area contributed by atoms with Crippen LogP contribution >= 0.6 is 0 Å². The van der Waals surface area contributed by atoms with Crippen molar-refractivity contribution < 1.29 is 22.8 Å². The number of imide groups is 1. The van der Waals surface area contributed by atoms with Gasteiger partial charge < -0.3 is 5.32 Å². The third-order valence-electron chi connectivity index (χ3n) is 6.13. The molecule has 2 heterocycles. The number of carbonyl (C=O) groups excluding carboxylic acids is 3. The van der Waals surface area contributed by atoms with E-state index in [1.54, 1.807) is 0 Å². The molecule has 0 bridgehead atoms. The molecular weight excluding hydrogens is 408 g/mol. The second-order valence-electron chi connectivity index (χ2n) is 8.15. The van der Waals surface area contributed by atoms with Crippen LogP contribution in [0, 0.1) is 0 Å². The molecule has 3 fully saturated rings. The standard InChI is InChI=1S/C20H26N4O5S/c25-17(22-24-18(26)20(21-19(24)27)10-3-1-4-11-20)15-8-7-9-16(14-15)30(28,29)23-12-5-2-6-13-23/h7-9,14H,1-6,10-13H2,(H,21,27)(H,22,25). The van der Waals surface area contributed by atoms with E-state index in [-0.39, 0.29) is 10.5 Å². The highest BCUT2D eigenvalue weighted by atomic mass is 32.2. The molecule has 30 heavy (non-hydrogen) atoms. The molecule has 0 atom stereocenters. The van der Waals surface area contributed by atoms with Crippen LogP contribution in [0.2, 0.25) is 0 Å². The minimum Gasteiger partial charge on any atom is -0.322 e. The Labute approximate surface area is 175 Å². The normalized spacial score (nSPS) is 22.2. The smallest absolute Gasteiger partial charge is 0.322 e. The average Bonchev–Trinajstić information content (AvgIpc) is 2.98. The molecule has 1 aromatic rings. The van der Waals surface area contributed by atoms with Gasteiger partial charge in [0.15, 0.2) is 0 Å². The zero-order chi connectivity index (χ0) is 21.4. The van der Waals surface area contributed by atoms with Crippen LogP contribution in [0.25, 0.3) is 0 Å². The number of benzene rings is 1. The number of nitrogens with zero attached hydrogens (tertiary/aromatic N) is 2. The molecule has 0 aromatic heterocycles. The lowest BCUT2D eigenvalue weighted by Crippen LogP contribution is -2.50. The van der Waals surface area contributed by atoms with Crippen LogP contribution in [-0.4, -0.2) is 54.2 Å². The van der Waals surface area contributed by atoms with Gasteiger partial charge in [0.1, 0.15) is 5.54 Å². The Morgan fingerprint density at radius 2 is 1.67 bits per heavy atom. The van der Waals surface area contributed by atoms with Crippen LogP contribution in [0.5, 0.6) is 0 Å². The third-order valence-corrected chi connectivity index (χ3v) is 8.03. The van der Waals surface area contributed by atoms with Gasteiger partial charge in [0.05, 0.1) is 4.90 Å². The summed E-state index contributed by atoms with van der Waals surface area (Å²) in [5, 5.41) is 3.45. The summed E-state index contributed by atoms with van der Waals surface area (Å²) in [7, 11) is -3.70. The van der Waals surface area contributed by atoms with E-state index < -0.39 is 33.4 Å². The molecule has 1 saturated carbocycles. The Hall–Kier alpha value is -2.46. The molecule has 3 aliphatic rings. The number of amides is 4. The maximum absolute atomic E-state index is 12.9. The number of rotatable bonds is 4. The van der Waals surface area contributed by atoms with Crippen molar-refractivity contribution in [2.24, 2.45) is 0 Å². The van der Waals surface area contributed by atoms with Crippen molar-refractivity contribution in [2.45, 2.75) is 61.8 Å². The van der Waals surface area contributed by atoms with Gasteiger partial charge in [-0.2, -0.15) is 9.31 Å². The van der Waals surface area contributed by atoms with Gasteiger partial charge in [-0.15, -0.1) is 0 Å². The van der Waals surface area contributed by atoms with Gasteiger partial charge in [-0.3, -0.25) is 15.0 Å². The van der Waals surface area contributed by atoms with Crippen LogP contribution in [0.15, 0.2) is 29.2 Å². The zero-order valence-electron chi connectivity index (χ0n) is 16.7. The summed E-state index contributed by atoms with van der Waals surface area (Å²) >= 11 is 0. The predicted octanol–water partition coefficient (Wildman–Crippen LogP) is 1.76. The lowest BCUT2D eigenvalue weighted by atomic mass is 9.82. The van der Waals surface area contributed by atoms with Crippen molar-refractivity contribution >= 4 is 27.9 Å². The van der Waals surface area contributed by atoms with Gasteiger partial charge in [0.25, 0.3) is 11.8 Å². The predicted molar refractivity (Wildman–Crippen MR) is 108 cm³/mol. The number of nitrogens with one attached hydrogen (secondary N) is 2. The largest absolute Gasteiger partial charge is 0.344 e. The first-order valence-electron chi connectivity index (χ1n) is 10.4. The quantitative estimate of drug-likeness (QED) is 0.701. The second kappa shape index (κ2) is 7.99. The van der Waals surface area contributed by atoms with E-state index in [1.165, 1.54) is 28.6 Å². The summed E-state index contributed by atoms with van der Waals surface area (Å²) in [6.07, 6.45) is 6.41. The first-order valence-corrected chi connectivity index (χ1v) is 11.9. The summed E-state index contributed by atoms with van der Waals surface area (Å²) in [6, 6.07) is 5.02. The van der Waals surface area contributed by atoms with Crippen molar-refractivity contribution in [3.63, 3.8) is 0 Å². The van der Waals surface area contributed by atoms with E-state index in [0.717, 1.165) is 43.5 Å². The van der Waals surface area contributed by atoms with Crippen LogP contribution in [-0.2, 0) is 14.8 Å². The van der Waals surface area contributed by atoms with Gasteiger partial charge in [0.2, 0.25) is 10.0 Å². The summed E-state index contributed by atoms with van der Waals surface area (Å²) in [5.74, 6) is -1.17. The second-order valence-corrected chi connectivity index (χ2v) is 10.1. The van der Waals surface area contributed by atoms with E-state index in [9.17, 15) is 22.8 Å². The Morgan fingerprint density at radius 3 is 2.37 bits per heavy atom. The Balaban J connectivity index is 1.51. The lowest BCUT2D eigenvalue weighted by molar-refractivity contribution is -0.134. The van der Waals surface area contributed by atoms with Crippen LogP contribution < -0.4 is 10.7 Å². The van der Waals surface area contributed by atoms with E-state index in [0.29, 0.717) is 25.9 Å². The first kappa shape index (κ1) is 20.8. The Kier molecular flexibility index (Phi) is 5.54. The first-order chi connectivity index (χ1) is 14.3. The number of carbonyl (C=O) groups is 3. The third kappa shape index (κ3) is 3.69. The molecule has 2 saturated heterocycles. The van der Waals surface area contributed by atoms with Gasteiger partial charge in [-0.25, -0.2) is 13.2 Å². The summed E-state index contributed by atoms with van der Waals surface area (Å²) in [4.78, 5) is 37.9.